The van der Waals surface area contributed by atoms with Crippen molar-refractivity contribution in [3.8, 4) is 0 Å². The summed E-state index contributed by atoms with van der Waals surface area (Å²) in [6, 6.07) is 10.8. The van der Waals surface area contributed by atoms with Crippen molar-refractivity contribution in [1.29, 1.82) is 0 Å². The van der Waals surface area contributed by atoms with Crippen LogP contribution in [0.4, 0.5) is 16.2 Å². The number of anilines is 2. The quantitative estimate of drug-likeness (QED) is 0.638. The predicted octanol–water partition coefficient (Wildman–Crippen LogP) is 4.21. The number of hydrogen-bond donors (Lipinski definition) is 1. The predicted molar refractivity (Wildman–Crippen MR) is 116 cm³/mol. The molecule has 9 heteroatoms. The number of aryl methyl sites for hydroxylation is 3. The Hall–Kier alpha value is -2.91. The van der Waals surface area contributed by atoms with Crippen molar-refractivity contribution in [2.24, 2.45) is 0 Å². The fourth-order valence-electron chi connectivity index (χ4n) is 3.84. The summed E-state index contributed by atoms with van der Waals surface area (Å²) in [7, 11) is -3.78. The summed E-state index contributed by atoms with van der Waals surface area (Å²) in [6.45, 7) is 5.73. The van der Waals surface area contributed by atoms with E-state index in [1.807, 2.05) is 32.0 Å². The molecular weight excluding hydrogens is 417 g/mol. The molecule has 2 aromatic heterocycles. The van der Waals surface area contributed by atoms with Crippen LogP contribution in [0.5, 0.6) is 0 Å². The Balaban J connectivity index is 1.63. The third-order valence-corrected chi connectivity index (χ3v) is 7.18. The van der Waals surface area contributed by atoms with Crippen molar-refractivity contribution >= 4 is 21.8 Å². The molecule has 1 atom stereocenters. The van der Waals surface area contributed by atoms with Gasteiger partial charge in [-0.1, -0.05) is 6.07 Å². The zero-order valence-corrected chi connectivity index (χ0v) is 18.4. The average Bonchev–Trinajstić information content (AvgIpc) is 3.20. The van der Waals surface area contributed by atoms with Crippen molar-refractivity contribution in [2.75, 3.05) is 11.9 Å². The summed E-state index contributed by atoms with van der Waals surface area (Å²) < 4.78 is 41.6. The van der Waals surface area contributed by atoms with E-state index >= 15 is 0 Å². The first-order valence-electron chi connectivity index (χ1n) is 10.1. The van der Waals surface area contributed by atoms with Crippen LogP contribution in [-0.2, 0) is 10.0 Å². The number of benzene rings is 1. The third kappa shape index (κ3) is 4.42. The number of rotatable bonds is 5. The minimum Gasteiger partial charge on any atom is -0.309 e. The number of sulfonamides is 1. The van der Waals surface area contributed by atoms with E-state index in [4.69, 9.17) is 0 Å². The molecule has 1 N–H and O–H groups in total. The average molecular weight is 442 g/mol. The minimum absolute atomic E-state index is 0.0937. The zero-order valence-electron chi connectivity index (χ0n) is 17.6. The molecule has 1 aliphatic rings. The lowest BCUT2D eigenvalue weighted by Gasteiger charge is -2.24. The van der Waals surface area contributed by atoms with Crippen LogP contribution in [0, 0.1) is 26.6 Å². The highest BCUT2D eigenvalue weighted by atomic mass is 32.2. The Kier molecular flexibility index (Phi) is 5.72. The molecule has 0 bridgehead atoms. The molecule has 162 valence electrons. The first kappa shape index (κ1) is 21.3. The van der Waals surface area contributed by atoms with Gasteiger partial charge >= 0.3 is 0 Å². The van der Waals surface area contributed by atoms with Crippen molar-refractivity contribution in [3.63, 3.8) is 0 Å². The van der Waals surface area contributed by atoms with Crippen LogP contribution in [0.25, 0.3) is 0 Å². The third-order valence-electron chi connectivity index (χ3n) is 5.27. The smallest absolute Gasteiger partial charge is 0.243 e. The van der Waals surface area contributed by atoms with E-state index in [2.05, 4.69) is 20.3 Å². The lowest BCUT2D eigenvalue weighted by atomic mass is 10.1. The number of hydrogen-bond acceptors (Lipinski definition) is 6. The topological polar surface area (TPSA) is 88.1 Å². The van der Waals surface area contributed by atoms with E-state index in [0.29, 0.717) is 36.0 Å². The minimum atomic E-state index is -3.78. The van der Waals surface area contributed by atoms with Gasteiger partial charge in [0.25, 0.3) is 0 Å². The molecule has 0 aliphatic carbocycles. The van der Waals surface area contributed by atoms with Crippen LogP contribution < -0.4 is 5.32 Å². The number of aromatic nitrogens is 3. The van der Waals surface area contributed by atoms with Crippen LogP contribution >= 0.6 is 0 Å². The summed E-state index contributed by atoms with van der Waals surface area (Å²) in [5.41, 5.74) is 2.63. The summed E-state index contributed by atoms with van der Waals surface area (Å²) in [6.07, 6.45) is 1.39. The molecule has 1 aromatic carbocycles. The van der Waals surface area contributed by atoms with Crippen LogP contribution in [0.15, 0.2) is 47.4 Å². The van der Waals surface area contributed by atoms with E-state index in [1.54, 1.807) is 13.0 Å². The Morgan fingerprint density at radius 2 is 1.77 bits per heavy atom. The van der Waals surface area contributed by atoms with E-state index in [9.17, 15) is 12.8 Å². The van der Waals surface area contributed by atoms with Gasteiger partial charge in [-0.05, 0) is 75.6 Å². The second-order valence-corrected chi connectivity index (χ2v) is 9.62. The van der Waals surface area contributed by atoms with Gasteiger partial charge in [-0.3, -0.25) is 0 Å². The van der Waals surface area contributed by atoms with Crippen LogP contribution in [0.2, 0.25) is 0 Å². The van der Waals surface area contributed by atoms with Gasteiger partial charge in [0.1, 0.15) is 11.6 Å². The first-order chi connectivity index (χ1) is 14.7. The number of halogens is 1. The van der Waals surface area contributed by atoms with Crippen LogP contribution in [0.3, 0.4) is 0 Å². The van der Waals surface area contributed by atoms with Gasteiger partial charge in [-0.2, -0.15) is 4.31 Å². The second-order valence-electron chi connectivity index (χ2n) is 7.73. The summed E-state index contributed by atoms with van der Waals surface area (Å²) in [5.74, 6) is 0.565. The monoisotopic (exact) mass is 441 g/mol. The molecule has 1 aliphatic heterocycles. The van der Waals surface area contributed by atoms with Gasteiger partial charge in [-0.15, -0.1) is 0 Å². The lowest BCUT2D eigenvalue weighted by molar-refractivity contribution is 0.390. The molecule has 0 saturated carbocycles. The molecule has 4 rings (SSSR count). The number of nitrogens with one attached hydrogen (secondary N) is 1. The molecule has 0 amide bonds. The maximum atomic E-state index is 13.6. The normalized spacial score (nSPS) is 17.1. The molecule has 31 heavy (non-hydrogen) atoms. The molecule has 0 radical (unpaired) electrons. The molecule has 0 spiro atoms. The van der Waals surface area contributed by atoms with Crippen molar-refractivity contribution < 1.29 is 12.8 Å². The van der Waals surface area contributed by atoms with Crippen LogP contribution in [0.1, 0.15) is 41.5 Å². The van der Waals surface area contributed by atoms with E-state index < -0.39 is 21.9 Å². The van der Waals surface area contributed by atoms with Crippen molar-refractivity contribution in [1.82, 2.24) is 19.3 Å². The van der Waals surface area contributed by atoms with Gasteiger partial charge in [0.15, 0.2) is 0 Å². The van der Waals surface area contributed by atoms with Gasteiger partial charge in [0.2, 0.25) is 16.0 Å². The molecule has 7 nitrogen and oxygen atoms in total. The fourth-order valence-corrected chi connectivity index (χ4v) is 5.59. The molecule has 3 heterocycles. The maximum absolute atomic E-state index is 13.6. The van der Waals surface area contributed by atoms with E-state index in [-0.39, 0.29) is 4.90 Å². The maximum Gasteiger partial charge on any atom is 0.243 e. The molecule has 3 aromatic rings. The van der Waals surface area contributed by atoms with Gasteiger partial charge in [0.05, 0.1) is 16.6 Å². The zero-order chi connectivity index (χ0) is 22.2. The Labute approximate surface area is 181 Å². The van der Waals surface area contributed by atoms with E-state index in [1.165, 1.54) is 22.5 Å². The standard InChI is InChI=1S/C22H24FN5O2S/c1-14-12-17(9-10-18(14)23)31(29,30)28-11-5-7-20(28)19-6-4-8-21(26-19)27-22-24-15(2)13-16(3)25-22/h4,6,8-10,12-13,20H,5,7,11H2,1-3H3,(H,24,25,26,27). The Morgan fingerprint density at radius 3 is 2.48 bits per heavy atom. The highest BCUT2D eigenvalue weighted by Gasteiger charge is 2.37. The number of pyridine rings is 1. The van der Waals surface area contributed by atoms with Crippen LogP contribution in [-0.4, -0.2) is 34.2 Å². The summed E-state index contributed by atoms with van der Waals surface area (Å²) in [5, 5.41) is 3.11. The highest BCUT2D eigenvalue weighted by molar-refractivity contribution is 7.89. The SMILES string of the molecule is Cc1cc(C)nc(Nc2cccc(C3CCCN3S(=O)(=O)c3ccc(F)c(C)c3)n2)n1. The van der Waals surface area contributed by atoms with E-state index in [0.717, 1.165) is 17.8 Å². The number of nitrogens with zero attached hydrogens (tertiary/aromatic N) is 4. The van der Waals surface area contributed by atoms with Gasteiger partial charge in [-0.25, -0.2) is 27.8 Å². The van der Waals surface area contributed by atoms with Gasteiger partial charge in [0, 0.05) is 17.9 Å². The highest BCUT2D eigenvalue weighted by Crippen LogP contribution is 2.36. The fraction of sp³-hybridized carbons (Fsp3) is 0.318. The summed E-state index contributed by atoms with van der Waals surface area (Å²) in [4.78, 5) is 13.5. The lowest BCUT2D eigenvalue weighted by Crippen LogP contribution is -2.31. The first-order valence-corrected chi connectivity index (χ1v) is 11.5. The molecule has 1 saturated heterocycles. The summed E-state index contributed by atoms with van der Waals surface area (Å²) >= 11 is 0. The molecular formula is C22H24FN5O2S. The van der Waals surface area contributed by atoms with Gasteiger partial charge < -0.3 is 5.32 Å². The Bertz CT molecular complexity index is 1210. The molecule has 1 unspecified atom stereocenters. The van der Waals surface area contributed by atoms with Crippen molar-refractivity contribution in [2.45, 2.75) is 44.6 Å². The second kappa shape index (κ2) is 8.32. The van der Waals surface area contributed by atoms with Crippen molar-refractivity contribution in [3.05, 3.63) is 70.9 Å². The largest absolute Gasteiger partial charge is 0.309 e. The molecule has 1 fully saturated rings. The Morgan fingerprint density at radius 1 is 1.03 bits per heavy atom.